The van der Waals surface area contributed by atoms with Gasteiger partial charge in [0.05, 0.1) is 24.3 Å². The molecule has 1 amide bonds. The first-order valence-electron chi connectivity index (χ1n) is 13.3. The molecule has 0 aromatic heterocycles. The number of rotatable bonds is 18. The number of esters is 1. The van der Waals surface area contributed by atoms with Gasteiger partial charge in [-0.3, -0.25) is 9.59 Å². The summed E-state index contributed by atoms with van der Waals surface area (Å²) in [6.45, 7) is 5.16. The van der Waals surface area contributed by atoms with E-state index in [1.807, 2.05) is 29.2 Å². The minimum absolute atomic E-state index is 0. The summed E-state index contributed by atoms with van der Waals surface area (Å²) in [6.07, 6.45) is 3.07. The topological polar surface area (TPSA) is 167 Å². The van der Waals surface area contributed by atoms with Crippen molar-refractivity contribution >= 4 is 35.3 Å². The standard InChI is InChI=1S/C28H39N3O8P2.2Na/c1-21(2)16-22-8-10-23(11-9-22)18-27(33)39-20-26(32)30-29-19-24-6-4-7-25(17-24)38-15-5-13-31(3)14-12-28(34,40-35)41(36)37;;/h4,6-11,17,19,21,34,36,40H,5,12-16,18,20H2,1-3H3,(H,30,32);;/q-2;2*+1/b29-19+;;. The number of aliphatic hydroxyl groups is 1. The van der Waals surface area contributed by atoms with E-state index in [0.717, 1.165) is 12.0 Å². The SMILES string of the molecule is CC(C)Cc1ccc(CC(=O)OCC(=O)N/N=C/c2cccc(OCCCN(C)CCC(O)(P[O-])P([O-])O)c2)cc1.[Na+].[Na+]. The summed E-state index contributed by atoms with van der Waals surface area (Å²) in [5.41, 5.74) is 5.05. The van der Waals surface area contributed by atoms with E-state index in [-0.39, 0.29) is 72.0 Å². The number of carbonyl (C=O) groups is 2. The van der Waals surface area contributed by atoms with Crippen LogP contribution >= 0.6 is 17.2 Å². The van der Waals surface area contributed by atoms with Gasteiger partial charge in [-0.25, -0.2) is 5.43 Å². The second-order valence-corrected chi connectivity index (χ2v) is 12.8. The molecule has 0 fully saturated rings. The Morgan fingerprint density at radius 2 is 1.84 bits per heavy atom. The molecule has 0 aliphatic heterocycles. The average molecular weight is 654 g/mol. The van der Waals surface area contributed by atoms with Crippen molar-refractivity contribution in [2.24, 2.45) is 11.0 Å². The van der Waals surface area contributed by atoms with E-state index in [1.54, 1.807) is 31.3 Å². The van der Waals surface area contributed by atoms with Crippen LogP contribution in [0.3, 0.4) is 0 Å². The molecule has 0 heterocycles. The van der Waals surface area contributed by atoms with Crippen LogP contribution in [-0.4, -0.2) is 71.4 Å². The Kier molecular flexibility index (Phi) is 22.7. The van der Waals surface area contributed by atoms with Crippen molar-refractivity contribution in [1.82, 2.24) is 10.3 Å². The molecule has 3 unspecified atom stereocenters. The predicted molar refractivity (Wildman–Crippen MR) is 156 cm³/mol. The Hall–Kier alpha value is -0.490. The molecule has 3 N–H and O–H groups in total. The number of ether oxygens (including phenoxy) is 2. The van der Waals surface area contributed by atoms with Gasteiger partial charge in [0.1, 0.15) is 5.75 Å². The molecule has 0 bridgehead atoms. The Morgan fingerprint density at radius 3 is 2.47 bits per heavy atom. The third-order valence-electron chi connectivity index (χ3n) is 5.92. The summed E-state index contributed by atoms with van der Waals surface area (Å²) in [7, 11) is -2.44. The van der Waals surface area contributed by atoms with Crippen LogP contribution in [-0.2, 0) is 27.2 Å². The maximum atomic E-state index is 12.1. The largest absolute Gasteiger partial charge is 1.00 e. The van der Waals surface area contributed by atoms with Crippen LogP contribution in [0.1, 0.15) is 43.4 Å². The van der Waals surface area contributed by atoms with Gasteiger partial charge in [0.25, 0.3) is 5.91 Å². The van der Waals surface area contributed by atoms with Crippen LogP contribution in [0.25, 0.3) is 0 Å². The van der Waals surface area contributed by atoms with Gasteiger partial charge in [-0.15, -0.1) is 0 Å². The molecular weight excluding hydrogens is 614 g/mol. The van der Waals surface area contributed by atoms with Gasteiger partial charge in [-0.05, 0) is 69.4 Å². The zero-order valence-corrected chi connectivity index (χ0v) is 31.5. The Bertz CT molecular complexity index is 1130. The molecule has 3 atom stereocenters. The molecule has 15 heteroatoms. The van der Waals surface area contributed by atoms with E-state index in [1.165, 1.54) is 11.8 Å². The number of amides is 1. The maximum Gasteiger partial charge on any atom is 1.00 e. The zero-order chi connectivity index (χ0) is 30.3. The fourth-order valence-electron chi connectivity index (χ4n) is 3.69. The van der Waals surface area contributed by atoms with Crippen molar-refractivity contribution in [2.45, 2.75) is 44.6 Å². The van der Waals surface area contributed by atoms with Gasteiger partial charge in [-0.1, -0.05) is 50.2 Å². The van der Waals surface area contributed by atoms with Crippen LogP contribution in [0.15, 0.2) is 53.6 Å². The Morgan fingerprint density at radius 1 is 1.16 bits per heavy atom. The van der Waals surface area contributed by atoms with Crippen molar-refractivity contribution in [3.05, 3.63) is 65.2 Å². The van der Waals surface area contributed by atoms with Crippen LogP contribution in [0.5, 0.6) is 5.75 Å². The minimum Gasteiger partial charge on any atom is -0.829 e. The monoisotopic (exact) mass is 653 g/mol. The van der Waals surface area contributed by atoms with E-state index in [4.69, 9.17) is 14.4 Å². The summed E-state index contributed by atoms with van der Waals surface area (Å²) >= 11 is 0. The first-order valence-corrected chi connectivity index (χ1v) is 15.4. The number of carbonyl (C=O) groups excluding carboxylic acids is 2. The third kappa shape index (κ3) is 17.7. The molecule has 226 valence electrons. The molecule has 0 spiro atoms. The van der Waals surface area contributed by atoms with Gasteiger partial charge in [0.15, 0.2) is 6.61 Å². The molecule has 0 saturated carbocycles. The maximum absolute atomic E-state index is 12.1. The molecule has 0 aliphatic rings. The summed E-state index contributed by atoms with van der Waals surface area (Å²) < 4.78 is 10.8. The quantitative estimate of drug-likeness (QED) is 0.0359. The van der Waals surface area contributed by atoms with Crippen molar-refractivity contribution in [3.8, 4) is 5.75 Å². The van der Waals surface area contributed by atoms with Gasteiger partial charge in [0, 0.05) is 13.1 Å². The van der Waals surface area contributed by atoms with Crippen molar-refractivity contribution in [3.63, 3.8) is 0 Å². The predicted octanol–water partition coefficient (Wildman–Crippen LogP) is -4.52. The van der Waals surface area contributed by atoms with Gasteiger partial charge in [-0.2, -0.15) is 13.9 Å². The van der Waals surface area contributed by atoms with E-state index in [9.17, 15) is 24.5 Å². The van der Waals surface area contributed by atoms with Crippen LogP contribution in [0, 0.1) is 5.92 Å². The number of benzene rings is 2. The van der Waals surface area contributed by atoms with Crippen molar-refractivity contribution in [2.75, 3.05) is 33.4 Å². The number of nitrogens with zero attached hydrogens (tertiary/aromatic N) is 2. The summed E-state index contributed by atoms with van der Waals surface area (Å²) in [4.78, 5) is 57.2. The van der Waals surface area contributed by atoms with Crippen LogP contribution in [0.4, 0.5) is 0 Å². The zero-order valence-electron chi connectivity index (χ0n) is 25.6. The van der Waals surface area contributed by atoms with Crippen LogP contribution in [0.2, 0.25) is 0 Å². The molecule has 0 radical (unpaired) electrons. The van der Waals surface area contributed by atoms with E-state index < -0.39 is 40.7 Å². The van der Waals surface area contributed by atoms with E-state index in [2.05, 4.69) is 24.4 Å². The van der Waals surface area contributed by atoms with E-state index >= 15 is 0 Å². The van der Waals surface area contributed by atoms with Gasteiger partial charge >= 0.3 is 65.1 Å². The fourth-order valence-corrected chi connectivity index (χ4v) is 4.51. The first-order chi connectivity index (χ1) is 19.5. The Balaban J connectivity index is 0.00000882. The summed E-state index contributed by atoms with van der Waals surface area (Å²) in [6, 6.07) is 14.9. The third-order valence-corrected chi connectivity index (χ3v) is 8.20. The molecule has 2 rings (SSSR count). The second kappa shape index (κ2) is 22.9. The fraction of sp³-hybridized carbons (Fsp3) is 0.464. The number of hydrogen-bond acceptors (Lipinski definition) is 10. The van der Waals surface area contributed by atoms with Crippen molar-refractivity contribution < 1.29 is 98.0 Å². The normalized spacial score (nSPS) is 13.4. The van der Waals surface area contributed by atoms with Crippen LogP contribution < -0.4 is 79.1 Å². The molecule has 2 aromatic carbocycles. The number of nitrogens with one attached hydrogen (secondary N) is 1. The molecule has 11 nitrogen and oxygen atoms in total. The smallest absolute Gasteiger partial charge is 0.829 e. The Labute approximate surface area is 301 Å². The summed E-state index contributed by atoms with van der Waals surface area (Å²) in [5, 5.41) is 11.7. The first kappa shape index (κ1) is 42.5. The van der Waals surface area contributed by atoms with Gasteiger partial charge < -0.3 is 34.2 Å². The number of hydrazone groups is 1. The van der Waals surface area contributed by atoms with E-state index in [0.29, 0.717) is 43.3 Å². The molecule has 0 saturated heterocycles. The number of hydrogen-bond donors (Lipinski definition) is 3. The molecule has 2 aromatic rings. The molecular formula is C28H39N3Na2O8P2. The molecule has 43 heavy (non-hydrogen) atoms. The van der Waals surface area contributed by atoms with Crippen molar-refractivity contribution in [1.29, 1.82) is 0 Å². The minimum atomic E-state index is -2.95. The average Bonchev–Trinajstić information content (AvgIpc) is 2.94. The van der Waals surface area contributed by atoms with Gasteiger partial charge in [0.2, 0.25) is 0 Å². The molecule has 0 aliphatic carbocycles. The second-order valence-electron chi connectivity index (χ2n) is 10.1. The summed E-state index contributed by atoms with van der Waals surface area (Å²) in [5.74, 6) is 0.104.